The van der Waals surface area contributed by atoms with Gasteiger partial charge >= 0.3 is 0 Å². The number of nitrogens with zero attached hydrogens (tertiary/aromatic N) is 1. The normalized spacial score (nSPS) is 10.7. The Balaban J connectivity index is 2.84. The molecule has 0 atom stereocenters. The maximum Gasteiger partial charge on any atom is 0.132 e. The Labute approximate surface area is 97.5 Å². The van der Waals surface area contributed by atoms with Crippen molar-refractivity contribution in [1.82, 2.24) is 0 Å². The quantitative estimate of drug-likeness (QED) is 0.455. The molecule has 0 amide bonds. The maximum atomic E-state index is 12.0. The van der Waals surface area contributed by atoms with Gasteiger partial charge in [0, 0.05) is 11.6 Å². The van der Waals surface area contributed by atoms with Crippen molar-refractivity contribution in [2.24, 2.45) is 5.16 Å². The van der Waals surface area contributed by atoms with E-state index < -0.39 is 13.3 Å². The Morgan fingerprint density at radius 1 is 1.18 bits per heavy atom. The van der Waals surface area contributed by atoms with Crippen LogP contribution < -0.4 is 9.47 Å². The molecule has 4 nitrogen and oxygen atoms in total. The minimum atomic E-state index is -0.634. The predicted molar refractivity (Wildman–Crippen MR) is 58.8 cm³/mol. The number of oxime groups is 1. The molecule has 0 heterocycles. The summed E-state index contributed by atoms with van der Waals surface area (Å²) in [6.45, 7) is -1.40. The van der Waals surface area contributed by atoms with Crippen molar-refractivity contribution in [2.75, 3.05) is 26.6 Å². The van der Waals surface area contributed by atoms with Crippen LogP contribution >= 0.6 is 0 Å². The summed E-state index contributed by atoms with van der Waals surface area (Å²) >= 11 is 0. The molecule has 0 spiro atoms. The van der Waals surface area contributed by atoms with Gasteiger partial charge in [0.2, 0.25) is 0 Å². The Bertz CT molecular complexity index is 372. The summed E-state index contributed by atoms with van der Waals surface area (Å²) in [5, 5.41) is 11.3. The van der Waals surface area contributed by atoms with Crippen LogP contribution in [0.3, 0.4) is 0 Å². The van der Waals surface area contributed by atoms with Crippen LogP contribution in [-0.4, -0.2) is 38.0 Å². The molecule has 0 saturated carbocycles. The van der Waals surface area contributed by atoms with E-state index in [0.29, 0.717) is 17.1 Å². The fraction of sp³-hybridized carbons (Fsp3) is 0.364. The highest BCUT2D eigenvalue weighted by molar-refractivity contribution is 5.83. The van der Waals surface area contributed by atoms with Gasteiger partial charge in [-0.3, -0.25) is 0 Å². The van der Waals surface area contributed by atoms with Crippen molar-refractivity contribution in [3.05, 3.63) is 23.8 Å². The third kappa shape index (κ3) is 4.26. The van der Waals surface area contributed by atoms with Gasteiger partial charge in [-0.15, -0.1) is 0 Å². The summed E-state index contributed by atoms with van der Waals surface area (Å²) in [5.74, 6) is 0.725. The highest BCUT2D eigenvalue weighted by atomic mass is 19.1. The van der Waals surface area contributed by atoms with Gasteiger partial charge in [-0.1, -0.05) is 5.16 Å². The lowest BCUT2D eigenvalue weighted by molar-refractivity contribution is 0.261. The molecule has 1 aromatic carbocycles. The second-order valence-corrected chi connectivity index (χ2v) is 3.02. The summed E-state index contributed by atoms with van der Waals surface area (Å²) in [5.41, 5.74) is 0.480. The average molecular weight is 245 g/mol. The second kappa shape index (κ2) is 7.43. The fourth-order valence-electron chi connectivity index (χ4n) is 1.20. The van der Waals surface area contributed by atoms with Crippen LogP contribution in [0.2, 0.25) is 0 Å². The van der Waals surface area contributed by atoms with Crippen molar-refractivity contribution in [1.29, 1.82) is 0 Å². The lowest BCUT2D eigenvalue weighted by Gasteiger charge is -2.10. The van der Waals surface area contributed by atoms with Crippen LogP contribution in [0.5, 0.6) is 11.5 Å². The highest BCUT2D eigenvalue weighted by Gasteiger charge is 2.05. The molecule has 0 radical (unpaired) electrons. The van der Waals surface area contributed by atoms with Crippen molar-refractivity contribution >= 4 is 6.21 Å². The van der Waals surface area contributed by atoms with Crippen molar-refractivity contribution in [3.63, 3.8) is 0 Å². The van der Waals surface area contributed by atoms with Crippen molar-refractivity contribution < 1.29 is 23.5 Å². The van der Waals surface area contributed by atoms with Gasteiger partial charge in [0.1, 0.15) is 38.1 Å². The first-order chi connectivity index (χ1) is 8.31. The Morgan fingerprint density at radius 3 is 2.53 bits per heavy atom. The Kier molecular flexibility index (Phi) is 5.77. The molecule has 0 aliphatic heterocycles. The summed E-state index contributed by atoms with van der Waals surface area (Å²) < 4.78 is 34.1. The van der Waals surface area contributed by atoms with Crippen LogP contribution in [0.25, 0.3) is 0 Å². The summed E-state index contributed by atoms with van der Waals surface area (Å²) in [7, 11) is 0. The van der Waals surface area contributed by atoms with Gasteiger partial charge in [-0.25, -0.2) is 8.78 Å². The number of rotatable bonds is 7. The maximum absolute atomic E-state index is 12.0. The number of alkyl halides is 2. The standard InChI is InChI=1S/C11H13F2NO3/c12-3-5-16-10-2-1-9(8-14-15)11(7-10)17-6-4-13/h1-2,7-8,15H,3-6H2/b14-8+. The van der Waals surface area contributed by atoms with E-state index in [1.165, 1.54) is 6.07 Å². The third-order valence-corrected chi connectivity index (χ3v) is 1.86. The van der Waals surface area contributed by atoms with Gasteiger partial charge in [-0.2, -0.15) is 0 Å². The first-order valence-corrected chi connectivity index (χ1v) is 5.01. The van der Waals surface area contributed by atoms with Crippen LogP contribution in [0, 0.1) is 0 Å². The molecule has 0 saturated heterocycles. The van der Waals surface area contributed by atoms with E-state index in [1.807, 2.05) is 0 Å². The largest absolute Gasteiger partial charge is 0.491 e. The number of benzene rings is 1. The van der Waals surface area contributed by atoms with Crippen LogP contribution in [0.1, 0.15) is 5.56 Å². The molecule has 17 heavy (non-hydrogen) atoms. The molecular weight excluding hydrogens is 232 g/mol. The molecule has 94 valence electrons. The molecule has 0 aliphatic rings. The smallest absolute Gasteiger partial charge is 0.132 e. The molecule has 0 fully saturated rings. The summed E-state index contributed by atoms with van der Waals surface area (Å²) in [6, 6.07) is 4.64. The second-order valence-electron chi connectivity index (χ2n) is 3.02. The van der Waals surface area contributed by atoms with Gasteiger partial charge < -0.3 is 14.7 Å². The molecule has 0 aliphatic carbocycles. The molecule has 1 N–H and O–H groups in total. The summed E-state index contributed by atoms with van der Waals surface area (Å²) in [4.78, 5) is 0. The molecule has 0 aromatic heterocycles. The Hall–Kier alpha value is -1.85. The van der Waals surface area contributed by atoms with Crippen molar-refractivity contribution in [3.8, 4) is 11.5 Å². The first-order valence-electron chi connectivity index (χ1n) is 5.01. The van der Waals surface area contributed by atoms with E-state index >= 15 is 0 Å². The molecule has 0 unspecified atom stereocenters. The topological polar surface area (TPSA) is 51.1 Å². The summed E-state index contributed by atoms with van der Waals surface area (Å²) in [6.07, 6.45) is 1.16. The van der Waals surface area contributed by atoms with Gasteiger partial charge in [-0.05, 0) is 12.1 Å². The highest BCUT2D eigenvalue weighted by Crippen LogP contribution is 2.24. The SMILES string of the molecule is O/N=C/c1ccc(OCCF)cc1OCCF. The van der Waals surface area contributed by atoms with E-state index in [0.717, 1.165) is 6.21 Å². The minimum absolute atomic E-state index is 0.0595. The molecule has 1 aromatic rings. The number of hydrogen-bond donors (Lipinski definition) is 1. The fourth-order valence-corrected chi connectivity index (χ4v) is 1.20. The van der Waals surface area contributed by atoms with Gasteiger partial charge in [0.15, 0.2) is 0 Å². The van der Waals surface area contributed by atoms with Gasteiger partial charge in [0.25, 0.3) is 0 Å². The third-order valence-electron chi connectivity index (χ3n) is 1.86. The lowest BCUT2D eigenvalue weighted by Crippen LogP contribution is -2.03. The van der Waals surface area contributed by atoms with E-state index in [-0.39, 0.29) is 13.2 Å². The average Bonchev–Trinajstić information content (AvgIpc) is 2.36. The van der Waals surface area contributed by atoms with Crippen molar-refractivity contribution in [2.45, 2.75) is 0 Å². The Morgan fingerprint density at radius 2 is 1.88 bits per heavy atom. The first kappa shape index (κ1) is 13.2. The predicted octanol–water partition coefficient (Wildman–Crippen LogP) is 2.19. The molecule has 0 bridgehead atoms. The van der Waals surface area contributed by atoms with Crippen LogP contribution in [0.15, 0.2) is 23.4 Å². The molecule has 6 heteroatoms. The van der Waals surface area contributed by atoms with Crippen LogP contribution in [0.4, 0.5) is 8.78 Å². The zero-order valence-corrected chi connectivity index (χ0v) is 9.10. The van der Waals surface area contributed by atoms with Crippen LogP contribution in [-0.2, 0) is 0 Å². The number of hydrogen-bond acceptors (Lipinski definition) is 4. The van der Waals surface area contributed by atoms with E-state index in [9.17, 15) is 8.78 Å². The van der Waals surface area contributed by atoms with E-state index in [1.54, 1.807) is 12.1 Å². The monoisotopic (exact) mass is 245 g/mol. The minimum Gasteiger partial charge on any atom is -0.491 e. The zero-order chi connectivity index (χ0) is 12.5. The number of halogens is 2. The number of ether oxygens (including phenoxy) is 2. The van der Waals surface area contributed by atoms with E-state index in [4.69, 9.17) is 14.7 Å². The molecule has 1 rings (SSSR count). The molecular formula is C11H13F2NO3. The van der Waals surface area contributed by atoms with E-state index in [2.05, 4.69) is 5.16 Å². The van der Waals surface area contributed by atoms with Gasteiger partial charge in [0.05, 0.1) is 6.21 Å². The zero-order valence-electron chi connectivity index (χ0n) is 9.10. The lowest BCUT2D eigenvalue weighted by atomic mass is 10.2.